The number of nitrogens with one attached hydrogen (secondary N) is 1. The van der Waals surface area contributed by atoms with Crippen LogP contribution in [0, 0.1) is 5.82 Å². The topological polar surface area (TPSA) is 71.0 Å². The molecule has 1 N–H and O–H groups in total. The molecule has 0 unspecified atom stereocenters. The molecular formula is C19H22FN5O. The van der Waals surface area contributed by atoms with Crippen molar-refractivity contribution in [3.8, 4) is 0 Å². The smallest absolute Gasteiger partial charge is 0.219 e. The number of nitrogens with zero attached hydrogens (tertiary/aromatic N) is 4. The minimum absolute atomic E-state index is 0.0973. The summed E-state index contributed by atoms with van der Waals surface area (Å²) in [4.78, 5) is 17.3. The van der Waals surface area contributed by atoms with Gasteiger partial charge in [-0.25, -0.2) is 4.39 Å². The third kappa shape index (κ3) is 3.02. The molecule has 0 aromatic carbocycles. The Morgan fingerprint density at radius 3 is 2.69 bits per heavy atom. The van der Waals surface area contributed by atoms with Crippen molar-refractivity contribution in [2.75, 3.05) is 25.0 Å². The Bertz CT molecular complexity index is 800. The largest absolute Gasteiger partial charge is 0.368 e. The molecule has 0 atom stereocenters. The summed E-state index contributed by atoms with van der Waals surface area (Å²) < 4.78 is 14.2. The minimum atomic E-state index is -0.262. The zero-order chi connectivity index (χ0) is 18.1. The van der Waals surface area contributed by atoms with Crippen molar-refractivity contribution in [1.82, 2.24) is 20.1 Å². The van der Waals surface area contributed by atoms with Crippen molar-refractivity contribution < 1.29 is 9.18 Å². The summed E-state index contributed by atoms with van der Waals surface area (Å²) in [5.74, 6) is 0.802. The first-order valence-corrected chi connectivity index (χ1v) is 9.01. The Balaban J connectivity index is 1.39. The maximum absolute atomic E-state index is 14.2. The van der Waals surface area contributed by atoms with Crippen molar-refractivity contribution in [1.29, 1.82) is 0 Å². The van der Waals surface area contributed by atoms with E-state index in [1.807, 2.05) is 12.1 Å². The summed E-state index contributed by atoms with van der Waals surface area (Å²) in [5, 5.41) is 11.8. The lowest BCUT2D eigenvalue weighted by Gasteiger charge is -2.41. The maximum atomic E-state index is 14.2. The summed E-state index contributed by atoms with van der Waals surface area (Å²) in [7, 11) is 0. The Labute approximate surface area is 151 Å². The second-order valence-corrected chi connectivity index (χ2v) is 7.29. The second kappa shape index (κ2) is 6.63. The van der Waals surface area contributed by atoms with Gasteiger partial charge < -0.3 is 10.2 Å². The lowest BCUT2D eigenvalue weighted by molar-refractivity contribution is -0.133. The molecule has 3 heterocycles. The summed E-state index contributed by atoms with van der Waals surface area (Å²) >= 11 is 0. The Kier molecular flexibility index (Phi) is 4.30. The predicted molar refractivity (Wildman–Crippen MR) is 95.2 cm³/mol. The normalized spacial score (nSPS) is 18.8. The van der Waals surface area contributed by atoms with Gasteiger partial charge in [-0.1, -0.05) is 6.42 Å². The van der Waals surface area contributed by atoms with Crippen LogP contribution >= 0.6 is 0 Å². The van der Waals surface area contributed by atoms with Gasteiger partial charge in [0.2, 0.25) is 5.91 Å². The van der Waals surface area contributed by atoms with Crippen molar-refractivity contribution >= 4 is 11.7 Å². The van der Waals surface area contributed by atoms with Gasteiger partial charge in [-0.15, -0.1) is 5.10 Å². The second-order valence-electron chi connectivity index (χ2n) is 7.29. The number of hydrogen-bond acceptors (Lipinski definition) is 5. The fourth-order valence-corrected chi connectivity index (χ4v) is 3.71. The molecule has 7 heteroatoms. The molecule has 2 fully saturated rings. The maximum Gasteiger partial charge on any atom is 0.219 e. The highest BCUT2D eigenvalue weighted by atomic mass is 19.1. The van der Waals surface area contributed by atoms with E-state index < -0.39 is 0 Å². The van der Waals surface area contributed by atoms with Crippen molar-refractivity contribution in [3.05, 3.63) is 47.7 Å². The molecule has 2 aromatic rings. The standard InChI is InChI=1S/C19H22FN5O/c1-13(26)25-10-14(11-25)16-5-6-17(24-23-16)22-12-19(7-3-8-19)18-15(20)4-2-9-21-18/h2,4-6,9,14H,3,7-8,10-12H2,1H3,(H,22,24). The summed E-state index contributed by atoms with van der Waals surface area (Å²) in [6.45, 7) is 3.59. The molecule has 6 nitrogen and oxygen atoms in total. The van der Waals surface area contributed by atoms with Gasteiger partial charge in [-0.2, -0.15) is 5.10 Å². The predicted octanol–water partition coefficient (Wildman–Crippen LogP) is 2.49. The average molecular weight is 355 g/mol. The van der Waals surface area contributed by atoms with Gasteiger partial charge in [0.15, 0.2) is 0 Å². The van der Waals surface area contributed by atoms with E-state index in [2.05, 4.69) is 20.5 Å². The number of anilines is 1. The highest BCUT2D eigenvalue weighted by Gasteiger charge is 2.41. The molecule has 0 spiro atoms. The number of carbonyl (C=O) groups is 1. The fourth-order valence-electron chi connectivity index (χ4n) is 3.71. The molecule has 2 aliphatic rings. The Morgan fingerprint density at radius 1 is 1.31 bits per heavy atom. The third-order valence-electron chi connectivity index (χ3n) is 5.61. The number of halogens is 1. The third-order valence-corrected chi connectivity index (χ3v) is 5.61. The summed E-state index contributed by atoms with van der Waals surface area (Å²) in [6, 6.07) is 6.95. The van der Waals surface area contributed by atoms with E-state index in [1.165, 1.54) is 6.07 Å². The number of likely N-dealkylation sites (tertiary alicyclic amines) is 1. The number of rotatable bonds is 5. The molecule has 0 bridgehead atoms. The first kappa shape index (κ1) is 16.9. The van der Waals surface area contributed by atoms with Gasteiger partial charge in [-0.05, 0) is 37.1 Å². The first-order valence-electron chi connectivity index (χ1n) is 9.01. The van der Waals surface area contributed by atoms with Gasteiger partial charge in [0.1, 0.15) is 11.6 Å². The van der Waals surface area contributed by atoms with Crippen LogP contribution in [0.25, 0.3) is 0 Å². The number of pyridine rings is 1. The zero-order valence-corrected chi connectivity index (χ0v) is 14.8. The number of amides is 1. The fraction of sp³-hybridized carbons (Fsp3) is 0.474. The van der Waals surface area contributed by atoms with E-state index in [-0.39, 0.29) is 23.1 Å². The minimum Gasteiger partial charge on any atom is -0.368 e. The Morgan fingerprint density at radius 2 is 2.12 bits per heavy atom. The van der Waals surface area contributed by atoms with E-state index in [0.717, 1.165) is 25.0 Å². The molecule has 1 amide bonds. The van der Waals surface area contributed by atoms with E-state index in [9.17, 15) is 9.18 Å². The van der Waals surface area contributed by atoms with Crippen LogP contribution < -0.4 is 5.32 Å². The van der Waals surface area contributed by atoms with Crippen LogP contribution in [0.2, 0.25) is 0 Å². The molecule has 1 aliphatic heterocycles. The van der Waals surface area contributed by atoms with Gasteiger partial charge >= 0.3 is 0 Å². The summed E-state index contributed by atoms with van der Waals surface area (Å²) in [5.41, 5.74) is 1.19. The van der Waals surface area contributed by atoms with Crippen LogP contribution in [0.3, 0.4) is 0 Å². The van der Waals surface area contributed by atoms with Crippen LogP contribution in [0.4, 0.5) is 10.2 Å². The van der Waals surface area contributed by atoms with Crippen molar-refractivity contribution in [2.24, 2.45) is 0 Å². The lowest BCUT2D eigenvalue weighted by Crippen LogP contribution is -2.47. The average Bonchev–Trinajstić information content (AvgIpc) is 2.55. The Hall–Kier alpha value is -2.57. The van der Waals surface area contributed by atoms with E-state index in [1.54, 1.807) is 24.1 Å². The van der Waals surface area contributed by atoms with Gasteiger partial charge in [0.05, 0.1) is 11.4 Å². The lowest BCUT2D eigenvalue weighted by atomic mass is 9.66. The molecule has 136 valence electrons. The molecule has 1 saturated carbocycles. The number of carbonyl (C=O) groups excluding carboxylic acids is 1. The van der Waals surface area contributed by atoms with Gasteiger partial charge in [0.25, 0.3) is 0 Å². The molecule has 0 radical (unpaired) electrons. The van der Waals surface area contributed by atoms with Crippen LogP contribution in [0.1, 0.15) is 43.5 Å². The van der Waals surface area contributed by atoms with Crippen LogP contribution in [-0.4, -0.2) is 45.6 Å². The molecule has 2 aromatic heterocycles. The van der Waals surface area contributed by atoms with Crippen molar-refractivity contribution in [3.63, 3.8) is 0 Å². The van der Waals surface area contributed by atoms with Crippen LogP contribution in [-0.2, 0) is 10.2 Å². The summed E-state index contributed by atoms with van der Waals surface area (Å²) in [6.07, 6.45) is 4.57. The van der Waals surface area contributed by atoms with Crippen LogP contribution in [0.15, 0.2) is 30.5 Å². The highest BCUT2D eigenvalue weighted by Crippen LogP contribution is 2.43. The van der Waals surface area contributed by atoms with Gasteiger partial charge in [-0.3, -0.25) is 9.78 Å². The zero-order valence-electron chi connectivity index (χ0n) is 14.8. The van der Waals surface area contributed by atoms with Crippen LogP contribution in [0.5, 0.6) is 0 Å². The molecule has 1 aliphatic carbocycles. The monoisotopic (exact) mass is 355 g/mol. The van der Waals surface area contributed by atoms with Crippen molar-refractivity contribution in [2.45, 2.75) is 37.5 Å². The molecule has 26 heavy (non-hydrogen) atoms. The van der Waals surface area contributed by atoms with E-state index >= 15 is 0 Å². The molecule has 1 saturated heterocycles. The molecular weight excluding hydrogens is 333 g/mol. The number of hydrogen-bond donors (Lipinski definition) is 1. The quantitative estimate of drug-likeness (QED) is 0.892. The number of aromatic nitrogens is 3. The highest BCUT2D eigenvalue weighted by molar-refractivity contribution is 5.74. The van der Waals surface area contributed by atoms with E-state index in [0.29, 0.717) is 31.1 Å². The van der Waals surface area contributed by atoms with E-state index in [4.69, 9.17) is 0 Å². The van der Waals surface area contributed by atoms with Gasteiger partial charge in [0, 0.05) is 44.1 Å². The first-order chi connectivity index (χ1) is 12.6. The SMILES string of the molecule is CC(=O)N1CC(c2ccc(NCC3(c4ncccc4F)CCC3)nn2)C1. The molecule has 4 rings (SSSR count).